The van der Waals surface area contributed by atoms with Crippen LogP contribution < -0.4 is 25.3 Å². The molecule has 22 heavy (non-hydrogen) atoms. The van der Waals surface area contributed by atoms with E-state index in [-0.39, 0.29) is 12.0 Å². The summed E-state index contributed by atoms with van der Waals surface area (Å²) in [4.78, 5) is 12.3. The van der Waals surface area contributed by atoms with Crippen LogP contribution in [-0.4, -0.2) is 46.0 Å². The molecule has 7 nitrogen and oxygen atoms in total. The summed E-state index contributed by atoms with van der Waals surface area (Å²) < 4.78 is 21.3. The van der Waals surface area contributed by atoms with Crippen molar-refractivity contribution in [2.24, 2.45) is 5.73 Å². The Morgan fingerprint density at radius 2 is 1.82 bits per heavy atom. The Balaban J connectivity index is 2.16. The summed E-state index contributed by atoms with van der Waals surface area (Å²) in [5.74, 6) is 1.30. The van der Waals surface area contributed by atoms with E-state index in [0.717, 1.165) is 6.42 Å². The van der Waals surface area contributed by atoms with E-state index in [4.69, 9.17) is 24.7 Å². The molecule has 1 heterocycles. The Morgan fingerprint density at radius 1 is 1.18 bits per heavy atom. The lowest BCUT2D eigenvalue weighted by Crippen LogP contribution is -2.29. The molecule has 3 N–H and O–H groups in total. The summed E-state index contributed by atoms with van der Waals surface area (Å²) >= 11 is 0. The van der Waals surface area contributed by atoms with Crippen LogP contribution in [0, 0.1) is 0 Å². The first-order valence-corrected chi connectivity index (χ1v) is 7.09. The summed E-state index contributed by atoms with van der Waals surface area (Å²) in [7, 11) is 4.59. The van der Waals surface area contributed by atoms with Crippen molar-refractivity contribution in [3.63, 3.8) is 0 Å². The molecule has 1 saturated heterocycles. The Labute approximate surface area is 129 Å². The number of ether oxygens (including phenoxy) is 4. The van der Waals surface area contributed by atoms with Gasteiger partial charge in [-0.25, -0.2) is 0 Å². The van der Waals surface area contributed by atoms with E-state index < -0.39 is 6.10 Å². The van der Waals surface area contributed by atoms with Gasteiger partial charge < -0.3 is 30.0 Å². The summed E-state index contributed by atoms with van der Waals surface area (Å²) in [5, 5.41) is 2.81. The molecule has 122 valence electrons. The highest BCUT2D eigenvalue weighted by atomic mass is 16.5. The second-order valence-electron chi connectivity index (χ2n) is 4.96. The van der Waals surface area contributed by atoms with Crippen molar-refractivity contribution in [3.8, 4) is 17.2 Å². The van der Waals surface area contributed by atoms with E-state index in [1.807, 2.05) is 0 Å². The molecule has 1 amide bonds. The van der Waals surface area contributed by atoms with Gasteiger partial charge in [-0.15, -0.1) is 0 Å². The van der Waals surface area contributed by atoms with Crippen LogP contribution in [0.4, 0.5) is 5.69 Å². The van der Waals surface area contributed by atoms with Crippen molar-refractivity contribution in [1.29, 1.82) is 0 Å². The number of benzene rings is 1. The highest BCUT2D eigenvalue weighted by Gasteiger charge is 2.30. The molecule has 7 heteroatoms. The molecule has 1 aromatic carbocycles. The molecule has 0 bridgehead atoms. The number of hydrogen-bond acceptors (Lipinski definition) is 6. The molecule has 1 fully saturated rings. The monoisotopic (exact) mass is 310 g/mol. The average Bonchev–Trinajstić information content (AvgIpc) is 3.03. The van der Waals surface area contributed by atoms with E-state index in [1.165, 1.54) is 21.3 Å². The Bertz CT molecular complexity index is 535. The van der Waals surface area contributed by atoms with Crippen molar-refractivity contribution >= 4 is 11.6 Å². The quantitative estimate of drug-likeness (QED) is 0.819. The summed E-state index contributed by atoms with van der Waals surface area (Å²) in [6, 6.07) is 3.32. The lowest BCUT2D eigenvalue weighted by molar-refractivity contribution is -0.126. The molecular weight excluding hydrogens is 288 g/mol. The predicted molar refractivity (Wildman–Crippen MR) is 81.7 cm³/mol. The van der Waals surface area contributed by atoms with E-state index >= 15 is 0 Å². The third-order valence-electron chi connectivity index (χ3n) is 3.63. The van der Waals surface area contributed by atoms with Gasteiger partial charge in [-0.05, 0) is 12.8 Å². The van der Waals surface area contributed by atoms with E-state index in [9.17, 15) is 4.79 Å². The fourth-order valence-electron chi connectivity index (χ4n) is 2.41. The maximum atomic E-state index is 12.3. The van der Waals surface area contributed by atoms with Gasteiger partial charge in [-0.1, -0.05) is 0 Å². The average molecular weight is 310 g/mol. The van der Waals surface area contributed by atoms with Crippen LogP contribution in [0.3, 0.4) is 0 Å². The van der Waals surface area contributed by atoms with Crippen molar-refractivity contribution < 1.29 is 23.7 Å². The number of nitrogens with two attached hydrogens (primary N) is 1. The molecule has 0 radical (unpaired) electrons. The maximum absolute atomic E-state index is 12.3. The minimum Gasteiger partial charge on any atom is -0.494 e. The SMILES string of the molecule is COc1cc(OC)c(OC)cc1NC(=O)[C@@H]1CC[C@H](CN)O1. The molecule has 2 atom stereocenters. The standard InChI is InChI=1S/C15H22N2O5/c1-19-12-7-14(21-3)13(20-2)6-10(12)17-15(18)11-5-4-9(8-16)22-11/h6-7,9,11H,4-5,8,16H2,1-3H3,(H,17,18)/t9-,11+/m1/s1. The van der Waals surface area contributed by atoms with Gasteiger partial charge in [-0.3, -0.25) is 4.79 Å². The van der Waals surface area contributed by atoms with Crippen LogP contribution in [0.25, 0.3) is 0 Å². The van der Waals surface area contributed by atoms with E-state index in [1.54, 1.807) is 12.1 Å². The van der Waals surface area contributed by atoms with Gasteiger partial charge in [0.1, 0.15) is 11.9 Å². The van der Waals surface area contributed by atoms with Crippen LogP contribution in [0.1, 0.15) is 12.8 Å². The lowest BCUT2D eigenvalue weighted by atomic mass is 10.2. The molecule has 1 aliphatic heterocycles. The van der Waals surface area contributed by atoms with Gasteiger partial charge in [0.15, 0.2) is 11.5 Å². The van der Waals surface area contributed by atoms with Crippen LogP contribution in [0.15, 0.2) is 12.1 Å². The van der Waals surface area contributed by atoms with Gasteiger partial charge in [0.25, 0.3) is 5.91 Å². The van der Waals surface area contributed by atoms with Crippen molar-refractivity contribution in [3.05, 3.63) is 12.1 Å². The highest BCUT2D eigenvalue weighted by molar-refractivity contribution is 5.96. The molecule has 1 aliphatic rings. The summed E-state index contributed by atoms with van der Waals surface area (Å²) in [6.45, 7) is 0.420. The first kappa shape index (κ1) is 16.4. The number of carbonyl (C=O) groups excluding carboxylic acids is 1. The minimum atomic E-state index is -0.494. The maximum Gasteiger partial charge on any atom is 0.253 e. The third-order valence-corrected chi connectivity index (χ3v) is 3.63. The van der Waals surface area contributed by atoms with E-state index in [2.05, 4.69) is 5.32 Å². The summed E-state index contributed by atoms with van der Waals surface area (Å²) in [5.41, 5.74) is 6.06. The predicted octanol–water partition coefficient (Wildman–Crippen LogP) is 1.16. The Hall–Kier alpha value is -1.99. The number of amides is 1. The van der Waals surface area contributed by atoms with Crippen LogP contribution in [0.5, 0.6) is 17.2 Å². The molecule has 1 aromatic rings. The van der Waals surface area contributed by atoms with Gasteiger partial charge >= 0.3 is 0 Å². The lowest BCUT2D eigenvalue weighted by Gasteiger charge is -2.17. The Kier molecular flexibility index (Phi) is 5.46. The number of rotatable bonds is 6. The van der Waals surface area contributed by atoms with Gasteiger partial charge in [0.05, 0.1) is 33.1 Å². The molecule has 2 rings (SSSR count). The van der Waals surface area contributed by atoms with Crippen molar-refractivity contribution in [2.75, 3.05) is 33.2 Å². The fraction of sp³-hybridized carbons (Fsp3) is 0.533. The minimum absolute atomic E-state index is 0.0527. The first-order valence-electron chi connectivity index (χ1n) is 7.09. The van der Waals surface area contributed by atoms with Crippen LogP contribution in [-0.2, 0) is 9.53 Å². The molecule has 0 saturated carbocycles. The summed E-state index contributed by atoms with van der Waals surface area (Å²) in [6.07, 6.45) is 0.899. The highest BCUT2D eigenvalue weighted by Crippen LogP contribution is 2.38. The number of carbonyl (C=O) groups is 1. The number of anilines is 1. The van der Waals surface area contributed by atoms with Gasteiger partial charge in [0.2, 0.25) is 0 Å². The molecule has 0 aromatic heterocycles. The van der Waals surface area contributed by atoms with Crippen molar-refractivity contribution in [2.45, 2.75) is 25.0 Å². The molecule has 0 unspecified atom stereocenters. The van der Waals surface area contributed by atoms with Gasteiger partial charge in [-0.2, -0.15) is 0 Å². The molecule has 0 aliphatic carbocycles. The molecular formula is C15H22N2O5. The molecule has 0 spiro atoms. The first-order chi connectivity index (χ1) is 10.6. The number of nitrogens with one attached hydrogen (secondary N) is 1. The van der Waals surface area contributed by atoms with Crippen LogP contribution >= 0.6 is 0 Å². The fourth-order valence-corrected chi connectivity index (χ4v) is 2.41. The van der Waals surface area contributed by atoms with E-state index in [0.29, 0.717) is 35.9 Å². The van der Waals surface area contributed by atoms with Crippen LogP contribution in [0.2, 0.25) is 0 Å². The zero-order valence-corrected chi connectivity index (χ0v) is 13.0. The largest absolute Gasteiger partial charge is 0.494 e. The second-order valence-corrected chi connectivity index (χ2v) is 4.96. The zero-order valence-electron chi connectivity index (χ0n) is 13.0. The number of hydrogen-bond donors (Lipinski definition) is 2. The second kappa shape index (κ2) is 7.33. The van der Waals surface area contributed by atoms with Crippen molar-refractivity contribution in [1.82, 2.24) is 0 Å². The third kappa shape index (κ3) is 3.42. The Morgan fingerprint density at radius 3 is 2.36 bits per heavy atom. The smallest absolute Gasteiger partial charge is 0.253 e. The normalized spacial score (nSPS) is 20.5. The van der Waals surface area contributed by atoms with Gasteiger partial charge in [0, 0.05) is 18.7 Å². The zero-order chi connectivity index (χ0) is 16.1. The number of methoxy groups -OCH3 is 3. The topological polar surface area (TPSA) is 92.0 Å².